The van der Waals surface area contributed by atoms with E-state index >= 15 is 0 Å². The number of carbonyl (C=O) groups is 2. The molecule has 0 saturated carbocycles. The van der Waals surface area contributed by atoms with Crippen LogP contribution in [0.1, 0.15) is 39.1 Å². The molecule has 0 radical (unpaired) electrons. The lowest BCUT2D eigenvalue weighted by Crippen LogP contribution is -2.45. The largest absolute Gasteiger partial charge is 0.371 e. The number of rotatable bonds is 6. The van der Waals surface area contributed by atoms with Gasteiger partial charge in [-0.05, 0) is 49.2 Å². The minimum Gasteiger partial charge on any atom is -0.371 e. The highest BCUT2D eigenvalue weighted by Gasteiger charge is 2.24. The second kappa shape index (κ2) is 10.6. The van der Waals surface area contributed by atoms with Crippen molar-refractivity contribution in [2.45, 2.75) is 25.4 Å². The molecule has 0 spiro atoms. The molecule has 3 aromatic carbocycles. The normalized spacial score (nSPS) is 14.1. The van der Waals surface area contributed by atoms with E-state index in [4.69, 9.17) is 0 Å². The van der Waals surface area contributed by atoms with Crippen molar-refractivity contribution in [3.63, 3.8) is 0 Å². The van der Waals surface area contributed by atoms with E-state index in [1.807, 2.05) is 30.3 Å². The molecule has 2 N–H and O–H groups in total. The molecule has 0 aromatic heterocycles. The highest BCUT2D eigenvalue weighted by molar-refractivity contribution is 9.10. The topological polar surface area (TPSA) is 61.4 Å². The summed E-state index contributed by atoms with van der Waals surface area (Å²) in [5.74, 6) is -0.653. The standard InChI is InChI=1S/C26H25BrFN3O2/c27-20-8-5-7-18(16-20)25(32)30-21-12-14-31(15-13-21)24-11-4-2-9-22(24)26(33)29-17-19-6-1-3-10-23(19)28/h1-11,16,21H,12-15,17H2,(H,29,33)(H,30,32). The minimum atomic E-state index is -0.335. The molecule has 0 unspecified atom stereocenters. The lowest BCUT2D eigenvalue weighted by molar-refractivity contribution is 0.0929. The Kier molecular flexibility index (Phi) is 7.40. The predicted molar refractivity (Wildman–Crippen MR) is 131 cm³/mol. The fraction of sp³-hybridized carbons (Fsp3) is 0.231. The highest BCUT2D eigenvalue weighted by atomic mass is 79.9. The van der Waals surface area contributed by atoms with Gasteiger partial charge in [0.05, 0.1) is 5.56 Å². The summed E-state index contributed by atoms with van der Waals surface area (Å²) in [5, 5.41) is 5.94. The van der Waals surface area contributed by atoms with Crippen LogP contribution in [0.2, 0.25) is 0 Å². The molecular formula is C26H25BrFN3O2. The Morgan fingerprint density at radius 1 is 0.939 bits per heavy atom. The Balaban J connectivity index is 1.36. The Hall–Kier alpha value is -3.19. The van der Waals surface area contributed by atoms with E-state index in [1.54, 1.807) is 36.4 Å². The van der Waals surface area contributed by atoms with Gasteiger partial charge < -0.3 is 15.5 Å². The van der Waals surface area contributed by atoms with Crippen LogP contribution in [0.15, 0.2) is 77.3 Å². The van der Waals surface area contributed by atoms with Gasteiger partial charge in [0, 0.05) is 47.0 Å². The van der Waals surface area contributed by atoms with E-state index in [2.05, 4.69) is 31.5 Å². The van der Waals surface area contributed by atoms with Crippen LogP contribution in [0.25, 0.3) is 0 Å². The Labute approximate surface area is 201 Å². The van der Waals surface area contributed by atoms with E-state index in [0.717, 1.165) is 36.1 Å². The molecule has 1 saturated heterocycles. The number of halogens is 2. The quantitative estimate of drug-likeness (QED) is 0.495. The third-order valence-electron chi connectivity index (χ3n) is 5.80. The number of carbonyl (C=O) groups excluding carboxylic acids is 2. The van der Waals surface area contributed by atoms with Crippen molar-refractivity contribution < 1.29 is 14.0 Å². The number of nitrogens with one attached hydrogen (secondary N) is 2. The lowest BCUT2D eigenvalue weighted by Gasteiger charge is -2.35. The number of benzene rings is 3. The number of piperidine rings is 1. The summed E-state index contributed by atoms with van der Waals surface area (Å²) >= 11 is 3.40. The molecular weight excluding hydrogens is 485 g/mol. The first-order chi connectivity index (χ1) is 16.0. The molecule has 1 fully saturated rings. The molecule has 0 atom stereocenters. The van der Waals surface area contributed by atoms with Crippen molar-refractivity contribution in [3.8, 4) is 0 Å². The lowest BCUT2D eigenvalue weighted by atomic mass is 10.0. The van der Waals surface area contributed by atoms with Crippen molar-refractivity contribution in [2.24, 2.45) is 0 Å². The molecule has 5 nitrogen and oxygen atoms in total. The van der Waals surface area contributed by atoms with Crippen LogP contribution >= 0.6 is 15.9 Å². The Morgan fingerprint density at radius 2 is 1.67 bits per heavy atom. The SMILES string of the molecule is O=C(NC1CCN(c2ccccc2C(=O)NCc2ccccc2F)CC1)c1cccc(Br)c1. The smallest absolute Gasteiger partial charge is 0.253 e. The van der Waals surface area contributed by atoms with E-state index in [0.29, 0.717) is 16.7 Å². The number of hydrogen-bond donors (Lipinski definition) is 2. The zero-order valence-electron chi connectivity index (χ0n) is 18.1. The van der Waals surface area contributed by atoms with Crippen LogP contribution in [0.4, 0.5) is 10.1 Å². The fourth-order valence-electron chi connectivity index (χ4n) is 4.02. The van der Waals surface area contributed by atoms with Crippen LogP contribution in [0.5, 0.6) is 0 Å². The maximum absolute atomic E-state index is 13.9. The summed E-state index contributed by atoms with van der Waals surface area (Å²) in [5.41, 5.74) is 2.49. The maximum atomic E-state index is 13.9. The van der Waals surface area contributed by atoms with Gasteiger partial charge >= 0.3 is 0 Å². The van der Waals surface area contributed by atoms with Gasteiger partial charge in [0.15, 0.2) is 0 Å². The molecule has 4 rings (SSSR count). The maximum Gasteiger partial charge on any atom is 0.253 e. The molecule has 1 aliphatic rings. The van der Waals surface area contributed by atoms with Gasteiger partial charge in [0.1, 0.15) is 5.82 Å². The Morgan fingerprint density at radius 3 is 2.42 bits per heavy atom. The molecule has 2 amide bonds. The van der Waals surface area contributed by atoms with E-state index in [-0.39, 0.29) is 30.2 Å². The Bertz CT molecular complexity index is 1150. The molecule has 0 aliphatic carbocycles. The molecule has 0 bridgehead atoms. The summed E-state index contributed by atoms with van der Waals surface area (Å²) in [7, 11) is 0. The van der Waals surface area contributed by atoms with Gasteiger partial charge in [-0.3, -0.25) is 9.59 Å². The van der Waals surface area contributed by atoms with Crippen LogP contribution < -0.4 is 15.5 Å². The molecule has 33 heavy (non-hydrogen) atoms. The average Bonchev–Trinajstić information content (AvgIpc) is 2.84. The van der Waals surface area contributed by atoms with E-state index < -0.39 is 0 Å². The van der Waals surface area contributed by atoms with Gasteiger partial charge in [-0.1, -0.05) is 52.3 Å². The highest BCUT2D eigenvalue weighted by Crippen LogP contribution is 2.25. The van der Waals surface area contributed by atoms with Gasteiger partial charge in [0.2, 0.25) is 0 Å². The van der Waals surface area contributed by atoms with E-state index in [1.165, 1.54) is 6.07 Å². The van der Waals surface area contributed by atoms with E-state index in [9.17, 15) is 14.0 Å². The van der Waals surface area contributed by atoms with Crippen molar-refractivity contribution in [1.29, 1.82) is 0 Å². The third kappa shape index (κ3) is 5.79. The van der Waals surface area contributed by atoms with Crippen LogP contribution in [-0.4, -0.2) is 30.9 Å². The number of amides is 2. The fourth-order valence-corrected chi connectivity index (χ4v) is 4.42. The van der Waals surface area contributed by atoms with Crippen molar-refractivity contribution in [3.05, 3.63) is 99.8 Å². The predicted octanol–water partition coefficient (Wildman–Crippen LogP) is 4.92. The zero-order chi connectivity index (χ0) is 23.2. The van der Waals surface area contributed by atoms with Gasteiger partial charge in [-0.15, -0.1) is 0 Å². The second-order valence-corrected chi connectivity index (χ2v) is 8.95. The second-order valence-electron chi connectivity index (χ2n) is 8.04. The number of nitrogens with zero attached hydrogens (tertiary/aromatic N) is 1. The van der Waals surface area contributed by atoms with Gasteiger partial charge in [-0.25, -0.2) is 4.39 Å². The summed E-state index contributed by atoms with van der Waals surface area (Å²) in [6.07, 6.45) is 1.57. The van der Waals surface area contributed by atoms with Gasteiger partial charge in [0.25, 0.3) is 11.8 Å². The van der Waals surface area contributed by atoms with Crippen molar-refractivity contribution in [2.75, 3.05) is 18.0 Å². The third-order valence-corrected chi connectivity index (χ3v) is 6.30. The first-order valence-electron chi connectivity index (χ1n) is 10.9. The molecule has 1 heterocycles. The number of hydrogen-bond acceptors (Lipinski definition) is 3. The van der Waals surface area contributed by atoms with Crippen LogP contribution in [0, 0.1) is 5.82 Å². The monoisotopic (exact) mass is 509 g/mol. The summed E-state index contributed by atoms with van der Waals surface area (Å²) < 4.78 is 14.7. The van der Waals surface area contributed by atoms with Crippen molar-refractivity contribution in [1.82, 2.24) is 10.6 Å². The zero-order valence-corrected chi connectivity index (χ0v) is 19.6. The average molecular weight is 510 g/mol. The first-order valence-corrected chi connectivity index (χ1v) is 11.7. The van der Waals surface area contributed by atoms with Crippen LogP contribution in [-0.2, 0) is 6.54 Å². The number of para-hydroxylation sites is 1. The summed E-state index contributed by atoms with van der Waals surface area (Å²) in [4.78, 5) is 27.6. The summed E-state index contributed by atoms with van der Waals surface area (Å²) in [6, 6.07) is 21.3. The van der Waals surface area contributed by atoms with Crippen molar-refractivity contribution >= 4 is 33.4 Å². The summed E-state index contributed by atoms with van der Waals surface area (Å²) in [6.45, 7) is 1.58. The van der Waals surface area contributed by atoms with Crippen LogP contribution in [0.3, 0.4) is 0 Å². The molecule has 3 aromatic rings. The minimum absolute atomic E-state index is 0.0785. The molecule has 1 aliphatic heterocycles. The van der Waals surface area contributed by atoms with Gasteiger partial charge in [-0.2, -0.15) is 0 Å². The first kappa shape index (κ1) is 23.0. The molecule has 7 heteroatoms. The number of anilines is 1. The molecule has 170 valence electrons.